The number of nitrogen functional groups attached to an aromatic ring is 1. The molecule has 2 N–H and O–H groups in total. The number of aromatic nitrogens is 1. The highest BCUT2D eigenvalue weighted by molar-refractivity contribution is 5.31. The maximum atomic E-state index is 5.71. The van der Waals surface area contributed by atoms with Crippen LogP contribution in [0.1, 0.15) is 44.1 Å². The summed E-state index contributed by atoms with van der Waals surface area (Å²) in [7, 11) is 2.23. The van der Waals surface area contributed by atoms with E-state index in [-0.39, 0.29) is 0 Å². The number of hydrogen-bond acceptors (Lipinski definition) is 3. The van der Waals surface area contributed by atoms with Gasteiger partial charge in [-0.2, -0.15) is 0 Å². The summed E-state index contributed by atoms with van der Waals surface area (Å²) in [6.45, 7) is 0.984. The van der Waals surface area contributed by atoms with Gasteiger partial charge >= 0.3 is 0 Å². The Kier molecular flexibility index (Phi) is 4.37. The van der Waals surface area contributed by atoms with E-state index in [1.165, 1.54) is 44.1 Å². The fourth-order valence-electron chi connectivity index (χ4n) is 2.71. The Labute approximate surface area is 104 Å². The van der Waals surface area contributed by atoms with Gasteiger partial charge in [0.2, 0.25) is 0 Å². The largest absolute Gasteiger partial charge is 0.384 e. The van der Waals surface area contributed by atoms with Crippen LogP contribution in [0.3, 0.4) is 0 Å². The zero-order valence-electron chi connectivity index (χ0n) is 10.7. The van der Waals surface area contributed by atoms with E-state index < -0.39 is 0 Å². The van der Waals surface area contributed by atoms with Gasteiger partial charge in [0.25, 0.3) is 0 Å². The van der Waals surface area contributed by atoms with E-state index in [4.69, 9.17) is 5.73 Å². The zero-order valence-corrected chi connectivity index (χ0v) is 10.7. The maximum absolute atomic E-state index is 5.71. The normalized spacial score (nSPS) is 18.2. The molecule has 1 aromatic heterocycles. The number of pyridine rings is 1. The van der Waals surface area contributed by atoms with Crippen molar-refractivity contribution in [2.24, 2.45) is 0 Å². The number of nitrogens with zero attached hydrogens (tertiary/aromatic N) is 2. The van der Waals surface area contributed by atoms with Crippen LogP contribution in [-0.2, 0) is 6.54 Å². The van der Waals surface area contributed by atoms with E-state index in [2.05, 4.69) is 23.0 Å². The standard InChI is InChI=1S/C14H23N3/c1-17(13-6-4-2-3-5-7-13)11-12-8-9-16-14(15)10-12/h8-10,13H,2-7,11H2,1H3,(H2,15,16). The summed E-state index contributed by atoms with van der Waals surface area (Å²) >= 11 is 0. The van der Waals surface area contributed by atoms with Crippen molar-refractivity contribution in [1.29, 1.82) is 0 Å². The lowest BCUT2D eigenvalue weighted by molar-refractivity contribution is 0.213. The van der Waals surface area contributed by atoms with Gasteiger partial charge in [-0.1, -0.05) is 25.7 Å². The van der Waals surface area contributed by atoms with Crippen LogP contribution in [-0.4, -0.2) is 23.0 Å². The Hall–Kier alpha value is -1.09. The first-order chi connectivity index (χ1) is 8.25. The van der Waals surface area contributed by atoms with E-state index in [0.29, 0.717) is 5.82 Å². The number of hydrogen-bond donors (Lipinski definition) is 1. The monoisotopic (exact) mass is 233 g/mol. The fourth-order valence-corrected chi connectivity index (χ4v) is 2.71. The van der Waals surface area contributed by atoms with Gasteiger partial charge in [-0.3, -0.25) is 4.90 Å². The molecule has 1 aliphatic carbocycles. The number of nitrogens with two attached hydrogens (primary N) is 1. The van der Waals surface area contributed by atoms with Crippen LogP contribution >= 0.6 is 0 Å². The Morgan fingerprint density at radius 3 is 2.65 bits per heavy atom. The van der Waals surface area contributed by atoms with Crippen LogP contribution in [0.4, 0.5) is 5.82 Å². The SMILES string of the molecule is CN(Cc1ccnc(N)c1)C1CCCCCC1. The van der Waals surface area contributed by atoms with Gasteiger partial charge in [-0.15, -0.1) is 0 Å². The molecule has 0 aromatic carbocycles. The van der Waals surface area contributed by atoms with Crippen LogP contribution in [0.25, 0.3) is 0 Å². The van der Waals surface area contributed by atoms with Crippen LogP contribution in [0.15, 0.2) is 18.3 Å². The van der Waals surface area contributed by atoms with E-state index in [1.807, 2.05) is 6.07 Å². The molecule has 0 unspecified atom stereocenters. The molecule has 1 fully saturated rings. The molecule has 0 bridgehead atoms. The van der Waals surface area contributed by atoms with Crippen molar-refractivity contribution >= 4 is 5.82 Å². The molecule has 0 atom stereocenters. The Bertz CT molecular complexity index is 343. The van der Waals surface area contributed by atoms with Crippen LogP contribution in [0.5, 0.6) is 0 Å². The van der Waals surface area contributed by atoms with Gasteiger partial charge in [-0.05, 0) is 37.6 Å². The molecule has 1 heterocycles. The summed E-state index contributed by atoms with van der Waals surface area (Å²) in [4.78, 5) is 6.51. The van der Waals surface area contributed by atoms with Crippen molar-refractivity contribution in [3.8, 4) is 0 Å². The van der Waals surface area contributed by atoms with Crippen molar-refractivity contribution in [2.75, 3.05) is 12.8 Å². The van der Waals surface area contributed by atoms with Gasteiger partial charge in [0.05, 0.1) is 0 Å². The topological polar surface area (TPSA) is 42.2 Å². The summed E-state index contributed by atoms with van der Waals surface area (Å²) in [5.74, 6) is 0.622. The maximum Gasteiger partial charge on any atom is 0.123 e. The van der Waals surface area contributed by atoms with Crippen molar-refractivity contribution < 1.29 is 0 Å². The van der Waals surface area contributed by atoms with E-state index in [1.54, 1.807) is 6.20 Å². The molecular weight excluding hydrogens is 210 g/mol. The zero-order chi connectivity index (χ0) is 12.1. The molecule has 1 saturated carbocycles. The second kappa shape index (κ2) is 6.01. The first-order valence-corrected chi connectivity index (χ1v) is 6.66. The molecular formula is C14H23N3. The Balaban J connectivity index is 1.93. The highest BCUT2D eigenvalue weighted by Crippen LogP contribution is 2.22. The van der Waals surface area contributed by atoms with Gasteiger partial charge in [-0.25, -0.2) is 4.98 Å². The average Bonchev–Trinajstić information content (AvgIpc) is 2.57. The quantitative estimate of drug-likeness (QED) is 0.816. The molecule has 3 heteroatoms. The summed E-state index contributed by atoms with van der Waals surface area (Å²) < 4.78 is 0. The van der Waals surface area contributed by atoms with E-state index >= 15 is 0 Å². The molecule has 0 aliphatic heterocycles. The Morgan fingerprint density at radius 1 is 1.29 bits per heavy atom. The second-order valence-electron chi connectivity index (χ2n) is 5.15. The van der Waals surface area contributed by atoms with Crippen molar-refractivity contribution in [3.63, 3.8) is 0 Å². The third kappa shape index (κ3) is 3.70. The number of anilines is 1. The van der Waals surface area contributed by atoms with Gasteiger partial charge in [0.1, 0.15) is 5.82 Å². The lowest BCUT2D eigenvalue weighted by Crippen LogP contribution is -2.30. The molecule has 3 nitrogen and oxygen atoms in total. The van der Waals surface area contributed by atoms with Crippen LogP contribution in [0.2, 0.25) is 0 Å². The van der Waals surface area contributed by atoms with Crippen molar-refractivity contribution in [2.45, 2.75) is 51.1 Å². The molecule has 0 amide bonds. The van der Waals surface area contributed by atoms with E-state index in [9.17, 15) is 0 Å². The second-order valence-corrected chi connectivity index (χ2v) is 5.15. The lowest BCUT2D eigenvalue weighted by atomic mass is 10.1. The molecule has 0 spiro atoms. The molecule has 0 radical (unpaired) electrons. The summed E-state index contributed by atoms with van der Waals surface area (Å²) in [5.41, 5.74) is 6.98. The van der Waals surface area contributed by atoms with Crippen LogP contribution in [0, 0.1) is 0 Å². The van der Waals surface area contributed by atoms with Crippen LogP contribution < -0.4 is 5.73 Å². The van der Waals surface area contributed by atoms with Crippen molar-refractivity contribution in [1.82, 2.24) is 9.88 Å². The predicted octanol–water partition coefficient (Wildman–Crippen LogP) is 2.82. The third-order valence-electron chi connectivity index (χ3n) is 3.73. The lowest BCUT2D eigenvalue weighted by Gasteiger charge is -2.27. The fraction of sp³-hybridized carbons (Fsp3) is 0.643. The smallest absolute Gasteiger partial charge is 0.123 e. The summed E-state index contributed by atoms with van der Waals surface area (Å²) in [5, 5.41) is 0. The average molecular weight is 233 g/mol. The third-order valence-corrected chi connectivity index (χ3v) is 3.73. The van der Waals surface area contributed by atoms with Gasteiger partial charge < -0.3 is 5.73 Å². The molecule has 17 heavy (non-hydrogen) atoms. The minimum absolute atomic E-state index is 0.622. The predicted molar refractivity (Wildman–Crippen MR) is 71.6 cm³/mol. The number of rotatable bonds is 3. The molecule has 2 rings (SSSR count). The minimum atomic E-state index is 0.622. The molecule has 0 saturated heterocycles. The summed E-state index contributed by atoms with van der Waals surface area (Å²) in [6.07, 6.45) is 10.1. The van der Waals surface area contributed by atoms with Gasteiger partial charge in [0.15, 0.2) is 0 Å². The van der Waals surface area contributed by atoms with Gasteiger partial charge in [0, 0.05) is 18.8 Å². The minimum Gasteiger partial charge on any atom is -0.384 e. The van der Waals surface area contributed by atoms with Crippen molar-refractivity contribution in [3.05, 3.63) is 23.9 Å². The Morgan fingerprint density at radius 2 is 2.00 bits per heavy atom. The van der Waals surface area contributed by atoms with E-state index in [0.717, 1.165) is 12.6 Å². The molecule has 94 valence electrons. The first kappa shape index (κ1) is 12.4. The summed E-state index contributed by atoms with van der Waals surface area (Å²) in [6, 6.07) is 4.78. The highest BCUT2D eigenvalue weighted by atomic mass is 15.1. The molecule has 1 aromatic rings. The molecule has 1 aliphatic rings. The highest BCUT2D eigenvalue weighted by Gasteiger charge is 2.16. The first-order valence-electron chi connectivity index (χ1n) is 6.66.